The summed E-state index contributed by atoms with van der Waals surface area (Å²) in [5, 5.41) is 3.10. The summed E-state index contributed by atoms with van der Waals surface area (Å²) in [5.74, 6) is 1.21. The van der Waals surface area contributed by atoms with Crippen molar-refractivity contribution < 1.29 is 9.59 Å². The first-order chi connectivity index (χ1) is 6.75. The van der Waals surface area contributed by atoms with Crippen LogP contribution in [-0.4, -0.2) is 47.4 Å². The zero-order chi connectivity index (χ0) is 9.97. The molecular formula is C9H14N2O2S. The Morgan fingerprint density at radius 2 is 2.36 bits per heavy atom. The van der Waals surface area contributed by atoms with Crippen LogP contribution in [0.1, 0.15) is 12.8 Å². The van der Waals surface area contributed by atoms with E-state index in [1.165, 1.54) is 18.6 Å². The molecule has 1 atom stereocenters. The van der Waals surface area contributed by atoms with Crippen LogP contribution in [0, 0.1) is 0 Å². The van der Waals surface area contributed by atoms with E-state index in [1.807, 2.05) is 11.8 Å². The lowest BCUT2D eigenvalue weighted by Crippen LogP contribution is -2.52. The fourth-order valence-corrected chi connectivity index (χ4v) is 3.09. The third-order valence-corrected chi connectivity index (χ3v) is 3.95. The van der Waals surface area contributed by atoms with Crippen LogP contribution in [0.3, 0.4) is 0 Å². The third-order valence-electron chi connectivity index (χ3n) is 2.57. The molecule has 0 spiro atoms. The quantitative estimate of drug-likeness (QED) is 0.695. The second kappa shape index (κ2) is 4.21. The Bertz CT molecular complexity index is 251. The Balaban J connectivity index is 1.88. The van der Waals surface area contributed by atoms with Gasteiger partial charge < -0.3 is 10.2 Å². The van der Waals surface area contributed by atoms with Gasteiger partial charge in [-0.05, 0) is 18.6 Å². The minimum absolute atomic E-state index is 0.0346. The number of nitrogens with zero attached hydrogens (tertiary/aromatic N) is 1. The second-order valence-corrected chi connectivity index (χ2v) is 5.09. The number of carbonyl (C=O) groups excluding carboxylic acids is 2. The predicted molar refractivity (Wildman–Crippen MR) is 55.1 cm³/mol. The molecule has 0 saturated carbocycles. The summed E-state index contributed by atoms with van der Waals surface area (Å²) in [6, 6.07) is 0. The van der Waals surface area contributed by atoms with E-state index >= 15 is 0 Å². The first-order valence-corrected chi connectivity index (χ1v) is 5.96. The number of rotatable bonds is 2. The zero-order valence-electron chi connectivity index (χ0n) is 7.99. The Labute approximate surface area is 87.4 Å². The molecule has 5 heteroatoms. The van der Waals surface area contributed by atoms with Gasteiger partial charge in [-0.1, -0.05) is 0 Å². The van der Waals surface area contributed by atoms with E-state index in [1.54, 1.807) is 4.90 Å². The molecule has 2 aliphatic rings. The summed E-state index contributed by atoms with van der Waals surface area (Å²) < 4.78 is 0. The van der Waals surface area contributed by atoms with Crippen LogP contribution in [-0.2, 0) is 9.59 Å². The van der Waals surface area contributed by atoms with Gasteiger partial charge in [0.15, 0.2) is 0 Å². The van der Waals surface area contributed by atoms with Crippen molar-refractivity contribution in [1.29, 1.82) is 0 Å². The maximum Gasteiger partial charge on any atom is 0.242 e. The van der Waals surface area contributed by atoms with Gasteiger partial charge in [-0.25, -0.2) is 0 Å². The van der Waals surface area contributed by atoms with Crippen molar-refractivity contribution in [3.63, 3.8) is 0 Å². The van der Waals surface area contributed by atoms with Crippen molar-refractivity contribution in [2.75, 3.05) is 25.4 Å². The Morgan fingerprint density at radius 1 is 1.50 bits per heavy atom. The molecule has 2 rings (SSSR count). The Kier molecular flexibility index (Phi) is 2.96. The second-order valence-electron chi connectivity index (χ2n) is 3.69. The van der Waals surface area contributed by atoms with Crippen LogP contribution in [0.5, 0.6) is 0 Å². The highest BCUT2D eigenvalue weighted by Crippen LogP contribution is 2.26. The van der Waals surface area contributed by atoms with Crippen LogP contribution in [0.4, 0.5) is 0 Å². The summed E-state index contributed by atoms with van der Waals surface area (Å²) in [6.45, 7) is 1.17. The van der Waals surface area contributed by atoms with Gasteiger partial charge in [-0.3, -0.25) is 9.59 Å². The maximum absolute atomic E-state index is 11.4. The molecule has 2 fully saturated rings. The number of piperazine rings is 1. The van der Waals surface area contributed by atoms with E-state index in [0.717, 1.165) is 6.54 Å². The van der Waals surface area contributed by atoms with Crippen LogP contribution in [0.2, 0.25) is 0 Å². The number of carbonyl (C=O) groups is 2. The molecule has 0 aromatic carbocycles. The van der Waals surface area contributed by atoms with E-state index in [0.29, 0.717) is 5.25 Å². The van der Waals surface area contributed by atoms with Crippen LogP contribution in [0.15, 0.2) is 0 Å². The summed E-state index contributed by atoms with van der Waals surface area (Å²) in [4.78, 5) is 24.2. The van der Waals surface area contributed by atoms with Crippen LogP contribution in [0.25, 0.3) is 0 Å². The van der Waals surface area contributed by atoms with E-state index in [9.17, 15) is 9.59 Å². The van der Waals surface area contributed by atoms with Gasteiger partial charge >= 0.3 is 0 Å². The molecule has 0 aromatic rings. The van der Waals surface area contributed by atoms with Gasteiger partial charge in [0, 0.05) is 11.8 Å². The molecule has 1 unspecified atom stereocenters. The van der Waals surface area contributed by atoms with Gasteiger partial charge in [0.2, 0.25) is 11.8 Å². The zero-order valence-corrected chi connectivity index (χ0v) is 8.81. The number of thioether (sulfide) groups is 1. The highest BCUT2D eigenvalue weighted by molar-refractivity contribution is 8.00. The van der Waals surface area contributed by atoms with E-state index in [-0.39, 0.29) is 24.9 Å². The summed E-state index contributed by atoms with van der Waals surface area (Å²) >= 11 is 1.91. The van der Waals surface area contributed by atoms with Crippen molar-refractivity contribution >= 4 is 23.6 Å². The van der Waals surface area contributed by atoms with Gasteiger partial charge in [0.25, 0.3) is 0 Å². The molecule has 1 N–H and O–H groups in total. The lowest BCUT2D eigenvalue weighted by molar-refractivity contribution is -0.140. The SMILES string of the molecule is O=C1CN(CC2CCCS2)C(=O)CN1. The molecule has 0 aliphatic carbocycles. The molecular weight excluding hydrogens is 200 g/mol. The normalized spacial score (nSPS) is 28.0. The molecule has 2 saturated heterocycles. The van der Waals surface area contributed by atoms with Crippen molar-refractivity contribution in [3.8, 4) is 0 Å². The molecule has 0 bridgehead atoms. The summed E-state index contributed by atoms with van der Waals surface area (Å²) in [6.07, 6.45) is 2.42. The Hall–Kier alpha value is -0.710. The van der Waals surface area contributed by atoms with Crippen LogP contribution >= 0.6 is 11.8 Å². The lowest BCUT2D eigenvalue weighted by atomic mass is 10.2. The van der Waals surface area contributed by atoms with Crippen molar-refractivity contribution in [2.24, 2.45) is 0 Å². The number of hydrogen-bond acceptors (Lipinski definition) is 3. The molecule has 2 aliphatic heterocycles. The number of nitrogens with one attached hydrogen (secondary N) is 1. The highest BCUT2D eigenvalue weighted by atomic mass is 32.2. The van der Waals surface area contributed by atoms with Crippen molar-refractivity contribution in [3.05, 3.63) is 0 Å². The van der Waals surface area contributed by atoms with E-state index < -0.39 is 0 Å². The number of hydrogen-bond donors (Lipinski definition) is 1. The molecule has 4 nitrogen and oxygen atoms in total. The van der Waals surface area contributed by atoms with Crippen molar-refractivity contribution in [1.82, 2.24) is 10.2 Å². The molecule has 78 valence electrons. The molecule has 0 radical (unpaired) electrons. The minimum atomic E-state index is -0.0346. The van der Waals surface area contributed by atoms with Gasteiger partial charge in [0.05, 0.1) is 13.1 Å². The third kappa shape index (κ3) is 2.20. The standard InChI is InChI=1S/C9H14N2O2S/c12-8-6-11(9(13)4-10-8)5-7-2-1-3-14-7/h7H,1-6H2,(H,10,12). The lowest BCUT2D eigenvalue weighted by Gasteiger charge is -2.28. The molecule has 14 heavy (non-hydrogen) atoms. The van der Waals surface area contributed by atoms with Gasteiger partial charge in [-0.2, -0.15) is 11.8 Å². The molecule has 0 aromatic heterocycles. The average Bonchev–Trinajstić information content (AvgIpc) is 2.64. The fourth-order valence-electron chi connectivity index (χ4n) is 1.80. The van der Waals surface area contributed by atoms with Gasteiger partial charge in [-0.15, -0.1) is 0 Å². The van der Waals surface area contributed by atoms with E-state index in [4.69, 9.17) is 0 Å². The van der Waals surface area contributed by atoms with Gasteiger partial charge in [0.1, 0.15) is 0 Å². The Morgan fingerprint density at radius 3 is 3.07 bits per heavy atom. The monoisotopic (exact) mass is 214 g/mol. The largest absolute Gasteiger partial charge is 0.345 e. The predicted octanol–water partition coefficient (Wildman–Crippen LogP) is -0.160. The first-order valence-electron chi connectivity index (χ1n) is 4.92. The topological polar surface area (TPSA) is 49.4 Å². The smallest absolute Gasteiger partial charge is 0.242 e. The highest BCUT2D eigenvalue weighted by Gasteiger charge is 2.26. The first kappa shape index (κ1) is 9.83. The van der Waals surface area contributed by atoms with E-state index in [2.05, 4.69) is 5.32 Å². The summed E-state index contributed by atoms with van der Waals surface area (Å²) in [5.41, 5.74) is 0. The average molecular weight is 214 g/mol. The number of amides is 2. The van der Waals surface area contributed by atoms with Crippen LogP contribution < -0.4 is 5.32 Å². The fraction of sp³-hybridized carbons (Fsp3) is 0.778. The molecule has 2 amide bonds. The molecule has 2 heterocycles. The maximum atomic E-state index is 11.4. The summed E-state index contributed by atoms with van der Waals surface area (Å²) in [7, 11) is 0. The van der Waals surface area contributed by atoms with Crippen molar-refractivity contribution in [2.45, 2.75) is 18.1 Å². The minimum Gasteiger partial charge on any atom is -0.345 e.